The molecule has 0 radical (unpaired) electrons. The van der Waals surface area contributed by atoms with Crippen molar-refractivity contribution >= 4 is 0 Å². The molecule has 1 aliphatic heterocycles. The molecule has 0 saturated heterocycles. The van der Waals surface area contributed by atoms with Crippen LogP contribution in [0.15, 0.2) is 35.1 Å². The lowest BCUT2D eigenvalue weighted by Gasteiger charge is -1.87. The van der Waals surface area contributed by atoms with Gasteiger partial charge in [0, 0.05) is 11.3 Å². The van der Waals surface area contributed by atoms with Gasteiger partial charge in [-0.3, -0.25) is 4.79 Å². The van der Waals surface area contributed by atoms with E-state index in [2.05, 4.69) is 4.98 Å². The highest BCUT2D eigenvalue weighted by atomic mass is 16.1. The van der Waals surface area contributed by atoms with Crippen LogP contribution in [0, 0.1) is 11.3 Å². The van der Waals surface area contributed by atoms with E-state index in [4.69, 9.17) is 5.26 Å². The molecule has 0 saturated carbocycles. The summed E-state index contributed by atoms with van der Waals surface area (Å²) in [4.78, 5) is 13.8. The van der Waals surface area contributed by atoms with Gasteiger partial charge in [-0.15, -0.1) is 0 Å². The predicted octanol–water partition coefficient (Wildman–Crippen LogP) is 1.35. The number of fused-ring (bicyclic) bond motifs is 1. The molecule has 0 fully saturated rings. The minimum Gasteiger partial charge on any atom is -0.321 e. The van der Waals surface area contributed by atoms with Crippen molar-refractivity contribution < 1.29 is 0 Å². The van der Waals surface area contributed by atoms with Crippen LogP contribution in [0.3, 0.4) is 0 Å². The first kappa shape index (κ1) is 7.56. The van der Waals surface area contributed by atoms with Crippen molar-refractivity contribution in [2.45, 2.75) is 0 Å². The number of hydrogen-bond donors (Lipinski definition) is 1. The second-order valence-electron chi connectivity index (χ2n) is 2.68. The molecule has 0 spiro atoms. The Morgan fingerprint density at radius 1 is 1.23 bits per heavy atom. The van der Waals surface area contributed by atoms with Gasteiger partial charge < -0.3 is 4.98 Å². The first-order valence-corrected chi connectivity index (χ1v) is 3.84. The van der Waals surface area contributed by atoms with Crippen LogP contribution in [-0.4, -0.2) is 4.98 Å². The van der Waals surface area contributed by atoms with Gasteiger partial charge in [-0.25, -0.2) is 0 Å². The normalized spacial score (nSPS) is 9.77. The standard InChI is InChI=1S/C10H6N2O/c11-6-8-7-4-2-1-3-5-9(7)12-10(8)13/h1-5H,(H,12,13). The summed E-state index contributed by atoms with van der Waals surface area (Å²) in [5.41, 5.74) is 1.25. The summed E-state index contributed by atoms with van der Waals surface area (Å²) in [6.07, 6.45) is 0. The van der Waals surface area contributed by atoms with E-state index in [1.165, 1.54) is 0 Å². The molecular formula is C10H6N2O. The second kappa shape index (κ2) is 2.76. The number of nitrogens with one attached hydrogen (secondary N) is 1. The highest BCUT2D eigenvalue weighted by molar-refractivity contribution is 5.68. The first-order chi connectivity index (χ1) is 6.33. The number of nitrogens with zero attached hydrogens (tertiary/aromatic N) is 1. The van der Waals surface area contributed by atoms with Gasteiger partial charge in [-0.05, 0) is 6.07 Å². The zero-order valence-electron chi connectivity index (χ0n) is 6.74. The third-order valence-electron chi connectivity index (χ3n) is 1.89. The molecule has 0 aromatic carbocycles. The number of rotatable bonds is 0. The van der Waals surface area contributed by atoms with E-state index in [-0.39, 0.29) is 11.1 Å². The Balaban J connectivity index is 2.89. The Morgan fingerprint density at radius 2 is 2.00 bits per heavy atom. The highest BCUT2D eigenvalue weighted by Crippen LogP contribution is 2.19. The number of aromatic nitrogens is 1. The fourth-order valence-electron chi connectivity index (χ4n) is 1.29. The maximum absolute atomic E-state index is 11.2. The lowest BCUT2D eigenvalue weighted by Crippen LogP contribution is -2.00. The molecule has 1 heterocycles. The van der Waals surface area contributed by atoms with Crippen molar-refractivity contribution in [2.24, 2.45) is 0 Å². The highest BCUT2D eigenvalue weighted by Gasteiger charge is 2.11. The molecule has 2 aliphatic rings. The van der Waals surface area contributed by atoms with E-state index < -0.39 is 0 Å². The van der Waals surface area contributed by atoms with Gasteiger partial charge in [-0.1, -0.05) is 24.3 Å². The molecule has 13 heavy (non-hydrogen) atoms. The minimum atomic E-state index is -0.316. The van der Waals surface area contributed by atoms with Crippen molar-refractivity contribution in [3.63, 3.8) is 0 Å². The van der Waals surface area contributed by atoms with Crippen LogP contribution >= 0.6 is 0 Å². The summed E-state index contributed by atoms with van der Waals surface area (Å²) in [6, 6.07) is 10.9. The van der Waals surface area contributed by atoms with Gasteiger partial charge in [0.1, 0.15) is 11.6 Å². The summed E-state index contributed by atoms with van der Waals surface area (Å²) in [6.45, 7) is 0. The van der Waals surface area contributed by atoms with Crippen LogP contribution < -0.4 is 5.56 Å². The average molecular weight is 170 g/mol. The first-order valence-electron chi connectivity index (χ1n) is 3.84. The largest absolute Gasteiger partial charge is 0.321 e. The van der Waals surface area contributed by atoms with Crippen LogP contribution in [0.25, 0.3) is 11.3 Å². The van der Waals surface area contributed by atoms with Crippen LogP contribution in [0.1, 0.15) is 5.56 Å². The van der Waals surface area contributed by atoms with E-state index >= 15 is 0 Å². The molecule has 3 nitrogen and oxygen atoms in total. The third-order valence-corrected chi connectivity index (χ3v) is 1.89. The number of H-pyrrole nitrogens is 1. The summed E-state index contributed by atoms with van der Waals surface area (Å²) in [5.74, 6) is 0. The van der Waals surface area contributed by atoms with Gasteiger partial charge in [0.2, 0.25) is 0 Å². The Labute approximate surface area is 74.6 Å². The molecule has 2 rings (SSSR count). The van der Waals surface area contributed by atoms with E-state index in [9.17, 15) is 4.79 Å². The SMILES string of the molecule is N#Cc1c2cccccc-2[nH]c1=O. The minimum absolute atomic E-state index is 0.186. The zero-order valence-corrected chi connectivity index (χ0v) is 6.74. The fraction of sp³-hybridized carbons (Fsp3) is 0. The molecule has 1 N–H and O–H groups in total. The quantitative estimate of drug-likeness (QED) is 0.648. The lowest BCUT2D eigenvalue weighted by molar-refractivity contribution is 1.31. The van der Waals surface area contributed by atoms with Crippen molar-refractivity contribution in [2.75, 3.05) is 0 Å². The molecule has 62 valence electrons. The number of hydrogen-bond acceptors (Lipinski definition) is 2. The molecule has 0 unspecified atom stereocenters. The molecule has 0 bridgehead atoms. The number of aromatic amines is 1. The third kappa shape index (κ3) is 1.09. The molecule has 3 heteroatoms. The van der Waals surface area contributed by atoms with E-state index in [1.54, 1.807) is 18.2 Å². The van der Waals surface area contributed by atoms with Crippen molar-refractivity contribution in [3.8, 4) is 17.3 Å². The van der Waals surface area contributed by atoms with E-state index in [1.807, 2.05) is 18.2 Å². The van der Waals surface area contributed by atoms with Crippen LogP contribution in [-0.2, 0) is 0 Å². The molecule has 0 amide bonds. The van der Waals surface area contributed by atoms with Crippen molar-refractivity contribution in [3.05, 3.63) is 46.2 Å². The van der Waals surface area contributed by atoms with Gasteiger partial charge >= 0.3 is 0 Å². The van der Waals surface area contributed by atoms with Crippen LogP contribution in [0.2, 0.25) is 0 Å². The van der Waals surface area contributed by atoms with Crippen LogP contribution in [0.5, 0.6) is 0 Å². The van der Waals surface area contributed by atoms with Gasteiger partial charge in [0.25, 0.3) is 5.56 Å². The molecule has 1 aliphatic carbocycles. The van der Waals surface area contributed by atoms with Gasteiger partial charge in [0.05, 0.1) is 0 Å². The maximum atomic E-state index is 11.2. The maximum Gasteiger partial charge on any atom is 0.267 e. The fourth-order valence-corrected chi connectivity index (χ4v) is 1.29. The summed E-state index contributed by atoms with van der Waals surface area (Å²) in [5, 5.41) is 8.72. The molecular weight excluding hydrogens is 164 g/mol. The Bertz CT molecular complexity index is 507. The summed E-state index contributed by atoms with van der Waals surface area (Å²) >= 11 is 0. The van der Waals surface area contributed by atoms with Gasteiger partial charge in [-0.2, -0.15) is 5.26 Å². The van der Waals surface area contributed by atoms with Crippen molar-refractivity contribution in [1.29, 1.82) is 5.26 Å². The van der Waals surface area contributed by atoms with E-state index in [0.717, 1.165) is 0 Å². The summed E-state index contributed by atoms with van der Waals surface area (Å²) in [7, 11) is 0. The van der Waals surface area contributed by atoms with Crippen LogP contribution in [0.4, 0.5) is 0 Å². The molecule has 0 atom stereocenters. The molecule has 0 aromatic heterocycles. The zero-order chi connectivity index (χ0) is 9.26. The second-order valence-corrected chi connectivity index (χ2v) is 2.68. The number of nitriles is 1. The smallest absolute Gasteiger partial charge is 0.267 e. The lowest BCUT2D eigenvalue weighted by atomic mass is 10.1. The summed E-state index contributed by atoms with van der Waals surface area (Å²) < 4.78 is 0. The Kier molecular flexibility index (Phi) is 1.60. The van der Waals surface area contributed by atoms with Gasteiger partial charge in [0.15, 0.2) is 0 Å². The average Bonchev–Trinajstić information content (AvgIpc) is 2.32. The van der Waals surface area contributed by atoms with E-state index in [0.29, 0.717) is 11.3 Å². The monoisotopic (exact) mass is 170 g/mol. The topological polar surface area (TPSA) is 56.6 Å². The van der Waals surface area contributed by atoms with Crippen molar-refractivity contribution in [1.82, 2.24) is 4.98 Å². The predicted molar refractivity (Wildman–Crippen MR) is 48.4 cm³/mol. The Hall–Kier alpha value is -2.08. The Morgan fingerprint density at radius 3 is 2.77 bits per heavy atom. The molecule has 0 aromatic rings.